The number of hydrogen-bond donors (Lipinski definition) is 1. The average molecular weight is 293 g/mol. The van der Waals surface area contributed by atoms with Crippen LogP contribution in [0.1, 0.15) is 17.2 Å². The Morgan fingerprint density at radius 3 is 2.84 bits per heavy atom. The monoisotopic (exact) mass is 292 g/mol. The summed E-state index contributed by atoms with van der Waals surface area (Å²) in [6.07, 6.45) is 3.80. The maximum atomic E-state index is 5.99. The van der Waals surface area contributed by atoms with Crippen molar-refractivity contribution >= 4 is 23.4 Å². The first kappa shape index (κ1) is 14.4. The highest BCUT2D eigenvalue weighted by atomic mass is 35.5. The highest BCUT2D eigenvalue weighted by Crippen LogP contribution is 2.26. The first-order chi connectivity index (χ1) is 9.19. The second kappa shape index (κ2) is 6.94. The minimum Gasteiger partial charge on any atom is -0.312 e. The van der Waals surface area contributed by atoms with Gasteiger partial charge >= 0.3 is 0 Å². The molecule has 0 saturated carbocycles. The van der Waals surface area contributed by atoms with Crippen LogP contribution in [-0.4, -0.2) is 17.8 Å². The van der Waals surface area contributed by atoms with Crippen molar-refractivity contribution in [1.29, 1.82) is 0 Å². The van der Waals surface area contributed by atoms with E-state index in [1.54, 1.807) is 11.8 Å². The zero-order valence-corrected chi connectivity index (χ0v) is 12.6. The predicted molar refractivity (Wildman–Crippen MR) is 83.0 cm³/mol. The highest BCUT2D eigenvalue weighted by molar-refractivity contribution is 7.99. The Morgan fingerprint density at radius 1 is 1.32 bits per heavy atom. The molecule has 4 heteroatoms. The van der Waals surface area contributed by atoms with E-state index in [0.717, 1.165) is 10.8 Å². The van der Waals surface area contributed by atoms with Gasteiger partial charge < -0.3 is 5.32 Å². The van der Waals surface area contributed by atoms with Gasteiger partial charge in [-0.25, -0.2) is 0 Å². The van der Waals surface area contributed by atoms with Crippen LogP contribution in [0.2, 0.25) is 5.02 Å². The Bertz CT molecular complexity index is 545. The van der Waals surface area contributed by atoms with Crippen molar-refractivity contribution in [1.82, 2.24) is 10.3 Å². The second-order valence-corrected chi connectivity index (χ2v) is 5.94. The topological polar surface area (TPSA) is 24.9 Å². The van der Waals surface area contributed by atoms with E-state index < -0.39 is 0 Å². The van der Waals surface area contributed by atoms with E-state index in [4.69, 9.17) is 11.6 Å². The highest BCUT2D eigenvalue weighted by Gasteiger charge is 2.10. The van der Waals surface area contributed by atoms with Crippen LogP contribution in [0.15, 0.2) is 47.6 Å². The van der Waals surface area contributed by atoms with Crippen molar-refractivity contribution < 1.29 is 0 Å². The number of aryl methyl sites for hydroxylation is 1. The van der Waals surface area contributed by atoms with Crippen LogP contribution < -0.4 is 5.32 Å². The van der Waals surface area contributed by atoms with Gasteiger partial charge in [0.25, 0.3) is 0 Å². The molecule has 2 aromatic rings. The van der Waals surface area contributed by atoms with Crippen molar-refractivity contribution in [2.75, 3.05) is 12.8 Å². The average Bonchev–Trinajstić information content (AvgIpc) is 2.40. The van der Waals surface area contributed by atoms with E-state index in [-0.39, 0.29) is 6.04 Å². The molecule has 2 rings (SSSR count). The molecule has 1 aromatic carbocycles. The summed E-state index contributed by atoms with van der Waals surface area (Å²) in [6, 6.07) is 10.4. The number of hydrogen-bond acceptors (Lipinski definition) is 3. The molecule has 0 fully saturated rings. The largest absolute Gasteiger partial charge is 0.312 e. The van der Waals surface area contributed by atoms with Gasteiger partial charge in [-0.2, -0.15) is 0 Å². The van der Waals surface area contributed by atoms with Gasteiger partial charge in [0.1, 0.15) is 0 Å². The third-order valence-corrected chi connectivity index (χ3v) is 4.18. The van der Waals surface area contributed by atoms with Crippen molar-refractivity contribution in [3.8, 4) is 0 Å². The zero-order chi connectivity index (χ0) is 13.7. The van der Waals surface area contributed by atoms with E-state index in [0.29, 0.717) is 0 Å². The predicted octanol–water partition coefficient (Wildman–Crippen LogP) is 4.10. The number of benzene rings is 1. The van der Waals surface area contributed by atoms with Crippen molar-refractivity contribution in [3.63, 3.8) is 0 Å². The second-order valence-electron chi connectivity index (χ2n) is 4.41. The molecule has 0 bridgehead atoms. The van der Waals surface area contributed by atoms with E-state index in [1.165, 1.54) is 16.0 Å². The molecule has 1 atom stereocenters. The van der Waals surface area contributed by atoms with Gasteiger partial charge in [-0.1, -0.05) is 23.7 Å². The third kappa shape index (κ3) is 4.23. The summed E-state index contributed by atoms with van der Waals surface area (Å²) in [7, 11) is 1.98. The molecule has 1 aromatic heterocycles. The van der Waals surface area contributed by atoms with Gasteiger partial charge in [0.15, 0.2) is 0 Å². The Hall–Kier alpha value is -1.03. The van der Waals surface area contributed by atoms with E-state index >= 15 is 0 Å². The quantitative estimate of drug-likeness (QED) is 0.840. The lowest BCUT2D eigenvalue weighted by Crippen LogP contribution is -2.19. The minimum absolute atomic E-state index is 0.288. The molecule has 100 valence electrons. The maximum absolute atomic E-state index is 5.99. The molecule has 1 heterocycles. The lowest BCUT2D eigenvalue weighted by molar-refractivity contribution is 0.658. The molecule has 0 aliphatic rings. The molecular formula is C15H17ClN2S. The Morgan fingerprint density at radius 2 is 2.16 bits per heavy atom. The van der Waals surface area contributed by atoms with Gasteiger partial charge in [-0.15, -0.1) is 11.8 Å². The summed E-state index contributed by atoms with van der Waals surface area (Å²) < 4.78 is 0. The molecule has 0 radical (unpaired) electrons. The molecule has 0 amide bonds. The number of nitrogens with zero attached hydrogens (tertiary/aromatic N) is 1. The van der Waals surface area contributed by atoms with E-state index in [2.05, 4.69) is 29.4 Å². The fourth-order valence-corrected chi connectivity index (χ4v) is 3.21. The fourth-order valence-electron chi connectivity index (χ4n) is 1.85. The van der Waals surface area contributed by atoms with Crippen LogP contribution in [0.25, 0.3) is 0 Å². The standard InChI is InChI=1S/C15H17ClN2S/c1-11-6-12(9-18-8-11)15(17-2)10-19-14-5-3-4-13(16)7-14/h3-9,15,17H,10H2,1-2H3. The molecule has 1 unspecified atom stereocenters. The first-order valence-electron chi connectivity index (χ1n) is 6.16. The normalized spacial score (nSPS) is 12.4. The van der Waals surface area contributed by atoms with E-state index in [1.807, 2.05) is 37.6 Å². The molecule has 0 aliphatic carbocycles. The molecular weight excluding hydrogens is 276 g/mol. The fraction of sp³-hybridized carbons (Fsp3) is 0.267. The number of thioether (sulfide) groups is 1. The van der Waals surface area contributed by atoms with Crippen LogP contribution in [0.4, 0.5) is 0 Å². The number of nitrogens with one attached hydrogen (secondary N) is 1. The Balaban J connectivity index is 2.04. The van der Waals surface area contributed by atoms with Crippen LogP contribution in [0.5, 0.6) is 0 Å². The Kier molecular flexibility index (Phi) is 5.25. The Labute approximate surface area is 123 Å². The van der Waals surface area contributed by atoms with Gasteiger partial charge in [-0.3, -0.25) is 4.98 Å². The smallest absolute Gasteiger partial charge is 0.0428 e. The first-order valence-corrected chi connectivity index (χ1v) is 7.52. The van der Waals surface area contributed by atoms with Crippen LogP contribution in [0.3, 0.4) is 0 Å². The van der Waals surface area contributed by atoms with Gasteiger partial charge in [-0.05, 0) is 43.3 Å². The van der Waals surface area contributed by atoms with Crippen molar-refractivity contribution in [3.05, 3.63) is 58.9 Å². The molecule has 1 N–H and O–H groups in total. The van der Waals surface area contributed by atoms with Crippen LogP contribution in [0, 0.1) is 6.92 Å². The summed E-state index contributed by atoms with van der Waals surface area (Å²) in [5.41, 5.74) is 2.41. The van der Waals surface area contributed by atoms with Gasteiger partial charge in [0.2, 0.25) is 0 Å². The summed E-state index contributed by atoms with van der Waals surface area (Å²) in [5, 5.41) is 4.12. The van der Waals surface area contributed by atoms with Crippen molar-refractivity contribution in [2.45, 2.75) is 17.9 Å². The number of aromatic nitrogens is 1. The van der Waals surface area contributed by atoms with E-state index in [9.17, 15) is 0 Å². The molecule has 0 aliphatic heterocycles. The third-order valence-electron chi connectivity index (χ3n) is 2.86. The number of halogens is 1. The molecule has 0 saturated heterocycles. The number of pyridine rings is 1. The lowest BCUT2D eigenvalue weighted by Gasteiger charge is -2.16. The number of rotatable bonds is 5. The lowest BCUT2D eigenvalue weighted by atomic mass is 10.1. The SMILES string of the molecule is CNC(CSc1cccc(Cl)c1)c1cncc(C)c1. The summed E-state index contributed by atoms with van der Waals surface area (Å²) in [4.78, 5) is 5.44. The van der Waals surface area contributed by atoms with Gasteiger partial charge in [0, 0.05) is 34.1 Å². The van der Waals surface area contributed by atoms with Crippen molar-refractivity contribution in [2.24, 2.45) is 0 Å². The molecule has 2 nitrogen and oxygen atoms in total. The minimum atomic E-state index is 0.288. The molecule has 19 heavy (non-hydrogen) atoms. The van der Waals surface area contributed by atoms with Crippen LogP contribution in [-0.2, 0) is 0 Å². The molecule has 0 spiro atoms. The summed E-state index contributed by atoms with van der Waals surface area (Å²) >= 11 is 7.79. The maximum Gasteiger partial charge on any atom is 0.0428 e. The summed E-state index contributed by atoms with van der Waals surface area (Å²) in [5.74, 6) is 0.946. The summed E-state index contributed by atoms with van der Waals surface area (Å²) in [6.45, 7) is 2.06. The van der Waals surface area contributed by atoms with Gasteiger partial charge in [0.05, 0.1) is 0 Å². The van der Waals surface area contributed by atoms with Crippen LogP contribution >= 0.6 is 23.4 Å². The zero-order valence-electron chi connectivity index (χ0n) is 11.1.